The molecule has 1 amide bonds. The fourth-order valence-corrected chi connectivity index (χ4v) is 3.38. The Bertz CT molecular complexity index is 364. The van der Waals surface area contributed by atoms with Gasteiger partial charge in [0.15, 0.2) is 0 Å². The summed E-state index contributed by atoms with van der Waals surface area (Å²) >= 11 is 0. The standard InChI is InChI=1S/C14H24N2O3/c1-10-9-11(12(17)18)5-8-16(10)13(19)14(15)6-3-2-4-7-14/h10-11H,2-9,15H2,1H3,(H,17,18). The number of carbonyl (C=O) groups excluding carboxylic acids is 1. The minimum Gasteiger partial charge on any atom is -0.481 e. The number of carbonyl (C=O) groups is 2. The molecule has 3 N–H and O–H groups in total. The van der Waals surface area contributed by atoms with Crippen molar-refractivity contribution in [1.82, 2.24) is 4.90 Å². The van der Waals surface area contributed by atoms with Gasteiger partial charge in [-0.3, -0.25) is 9.59 Å². The molecule has 1 saturated carbocycles. The number of hydrogen-bond donors (Lipinski definition) is 2. The first-order valence-corrected chi connectivity index (χ1v) is 7.27. The molecule has 1 heterocycles. The van der Waals surface area contributed by atoms with E-state index in [9.17, 15) is 9.59 Å². The molecule has 0 radical (unpaired) electrons. The summed E-state index contributed by atoms with van der Waals surface area (Å²) < 4.78 is 0. The van der Waals surface area contributed by atoms with E-state index in [-0.39, 0.29) is 17.9 Å². The molecule has 2 fully saturated rings. The van der Waals surface area contributed by atoms with Crippen molar-refractivity contribution >= 4 is 11.9 Å². The average Bonchev–Trinajstić information content (AvgIpc) is 2.38. The highest BCUT2D eigenvalue weighted by atomic mass is 16.4. The van der Waals surface area contributed by atoms with Crippen LogP contribution in [0.2, 0.25) is 0 Å². The molecule has 1 aliphatic heterocycles. The van der Waals surface area contributed by atoms with E-state index in [1.165, 1.54) is 0 Å². The number of piperidine rings is 1. The minimum atomic E-state index is -0.751. The van der Waals surface area contributed by atoms with Gasteiger partial charge in [-0.05, 0) is 32.6 Å². The summed E-state index contributed by atoms with van der Waals surface area (Å²) in [5.41, 5.74) is 5.58. The zero-order valence-corrected chi connectivity index (χ0v) is 11.6. The van der Waals surface area contributed by atoms with Gasteiger partial charge in [0, 0.05) is 12.6 Å². The number of aliphatic carboxylic acids is 1. The largest absolute Gasteiger partial charge is 0.481 e. The lowest BCUT2D eigenvalue weighted by Crippen LogP contribution is -2.60. The molecule has 0 bridgehead atoms. The van der Waals surface area contributed by atoms with Gasteiger partial charge in [-0.2, -0.15) is 0 Å². The Hall–Kier alpha value is -1.10. The predicted octanol–water partition coefficient (Wildman–Crippen LogP) is 1.36. The monoisotopic (exact) mass is 268 g/mol. The van der Waals surface area contributed by atoms with E-state index in [0.717, 1.165) is 32.1 Å². The highest BCUT2D eigenvalue weighted by Crippen LogP contribution is 2.31. The van der Waals surface area contributed by atoms with Crippen molar-refractivity contribution in [3.05, 3.63) is 0 Å². The highest BCUT2D eigenvalue weighted by Gasteiger charge is 2.42. The first kappa shape index (κ1) is 14.3. The van der Waals surface area contributed by atoms with Gasteiger partial charge in [0.05, 0.1) is 11.5 Å². The molecule has 5 heteroatoms. The summed E-state index contributed by atoms with van der Waals surface area (Å²) in [4.78, 5) is 25.4. The van der Waals surface area contributed by atoms with Gasteiger partial charge in [0.25, 0.3) is 0 Å². The fourth-order valence-electron chi connectivity index (χ4n) is 3.38. The normalized spacial score (nSPS) is 30.9. The molecule has 108 valence electrons. The van der Waals surface area contributed by atoms with Crippen LogP contribution in [-0.2, 0) is 9.59 Å². The van der Waals surface area contributed by atoms with Crippen LogP contribution < -0.4 is 5.73 Å². The predicted molar refractivity (Wildman–Crippen MR) is 71.5 cm³/mol. The summed E-state index contributed by atoms with van der Waals surface area (Å²) in [5.74, 6) is -1.04. The fraction of sp³-hybridized carbons (Fsp3) is 0.857. The molecule has 0 aromatic carbocycles. The van der Waals surface area contributed by atoms with Crippen LogP contribution in [0, 0.1) is 5.92 Å². The SMILES string of the molecule is CC1CC(C(=O)O)CCN1C(=O)C1(N)CCCCC1. The van der Waals surface area contributed by atoms with Crippen LogP contribution in [0.3, 0.4) is 0 Å². The first-order valence-electron chi connectivity index (χ1n) is 7.27. The van der Waals surface area contributed by atoms with E-state index < -0.39 is 11.5 Å². The topological polar surface area (TPSA) is 83.6 Å². The third-order valence-corrected chi connectivity index (χ3v) is 4.66. The van der Waals surface area contributed by atoms with E-state index in [0.29, 0.717) is 19.4 Å². The number of carboxylic acid groups (broad SMARTS) is 1. The van der Waals surface area contributed by atoms with Gasteiger partial charge in [-0.15, -0.1) is 0 Å². The van der Waals surface area contributed by atoms with Gasteiger partial charge in [0.1, 0.15) is 0 Å². The summed E-state index contributed by atoms with van der Waals surface area (Å²) in [7, 11) is 0. The van der Waals surface area contributed by atoms with Crippen LogP contribution in [0.5, 0.6) is 0 Å². The van der Waals surface area contributed by atoms with E-state index in [2.05, 4.69) is 0 Å². The molecule has 5 nitrogen and oxygen atoms in total. The molecular weight excluding hydrogens is 244 g/mol. The summed E-state index contributed by atoms with van der Waals surface area (Å²) in [5, 5.41) is 9.05. The maximum Gasteiger partial charge on any atom is 0.306 e. The van der Waals surface area contributed by atoms with Crippen LogP contribution in [0.1, 0.15) is 51.9 Å². The Labute approximate surface area is 114 Å². The number of hydrogen-bond acceptors (Lipinski definition) is 3. The second-order valence-electron chi connectivity index (χ2n) is 6.12. The number of amides is 1. The second kappa shape index (κ2) is 5.49. The first-order chi connectivity index (χ1) is 8.94. The van der Waals surface area contributed by atoms with Crippen molar-refractivity contribution in [3.63, 3.8) is 0 Å². The maximum absolute atomic E-state index is 12.6. The molecule has 1 saturated heterocycles. The van der Waals surface area contributed by atoms with Crippen molar-refractivity contribution in [2.24, 2.45) is 11.7 Å². The summed E-state index contributed by atoms with van der Waals surface area (Å²) in [6, 6.07) is -0.0234. The lowest BCUT2D eigenvalue weighted by molar-refractivity contribution is -0.150. The van der Waals surface area contributed by atoms with Gasteiger partial charge in [-0.25, -0.2) is 0 Å². The lowest BCUT2D eigenvalue weighted by Gasteiger charge is -2.42. The number of carboxylic acids is 1. The van der Waals surface area contributed by atoms with Crippen LogP contribution in [0.4, 0.5) is 0 Å². The van der Waals surface area contributed by atoms with Crippen molar-refractivity contribution in [3.8, 4) is 0 Å². The molecule has 1 aliphatic carbocycles. The number of nitrogens with zero attached hydrogens (tertiary/aromatic N) is 1. The van der Waals surface area contributed by atoms with Crippen LogP contribution in [0.25, 0.3) is 0 Å². The molecule has 0 spiro atoms. The molecule has 19 heavy (non-hydrogen) atoms. The number of rotatable bonds is 2. The highest BCUT2D eigenvalue weighted by molar-refractivity contribution is 5.86. The number of likely N-dealkylation sites (tertiary alicyclic amines) is 1. The molecule has 2 atom stereocenters. The molecule has 2 aliphatic rings. The second-order valence-corrected chi connectivity index (χ2v) is 6.12. The molecule has 2 unspecified atom stereocenters. The minimum absolute atomic E-state index is 0.0234. The third-order valence-electron chi connectivity index (χ3n) is 4.66. The Morgan fingerprint density at radius 3 is 2.42 bits per heavy atom. The van der Waals surface area contributed by atoms with Gasteiger partial charge in [-0.1, -0.05) is 19.3 Å². The molecule has 0 aromatic heterocycles. The van der Waals surface area contributed by atoms with Crippen LogP contribution in [-0.4, -0.2) is 40.0 Å². The third kappa shape index (κ3) is 2.91. The number of nitrogens with two attached hydrogens (primary N) is 1. The Balaban J connectivity index is 2.02. The van der Waals surface area contributed by atoms with Crippen LogP contribution >= 0.6 is 0 Å². The maximum atomic E-state index is 12.6. The van der Waals surface area contributed by atoms with Crippen molar-refractivity contribution in [2.75, 3.05) is 6.54 Å². The smallest absolute Gasteiger partial charge is 0.306 e. The molecule has 2 rings (SSSR count). The van der Waals surface area contributed by atoms with Crippen LogP contribution in [0.15, 0.2) is 0 Å². The zero-order valence-electron chi connectivity index (χ0n) is 11.6. The van der Waals surface area contributed by atoms with Crippen molar-refractivity contribution in [1.29, 1.82) is 0 Å². The van der Waals surface area contributed by atoms with Gasteiger partial charge < -0.3 is 15.7 Å². The summed E-state index contributed by atoms with van der Waals surface area (Å²) in [6.07, 6.45) is 5.79. The van der Waals surface area contributed by atoms with E-state index in [4.69, 9.17) is 10.8 Å². The van der Waals surface area contributed by atoms with Crippen molar-refractivity contribution in [2.45, 2.75) is 63.5 Å². The van der Waals surface area contributed by atoms with Gasteiger partial charge in [0.2, 0.25) is 5.91 Å². The molecular formula is C14H24N2O3. The average molecular weight is 268 g/mol. The zero-order chi connectivity index (χ0) is 14.0. The van der Waals surface area contributed by atoms with E-state index >= 15 is 0 Å². The van der Waals surface area contributed by atoms with E-state index in [1.807, 2.05) is 11.8 Å². The van der Waals surface area contributed by atoms with Crippen molar-refractivity contribution < 1.29 is 14.7 Å². The Kier molecular flexibility index (Phi) is 4.13. The Morgan fingerprint density at radius 1 is 1.26 bits per heavy atom. The lowest BCUT2D eigenvalue weighted by atomic mass is 9.80. The molecule has 0 aromatic rings. The quantitative estimate of drug-likeness (QED) is 0.792. The summed E-state index contributed by atoms with van der Waals surface area (Å²) in [6.45, 7) is 2.45. The van der Waals surface area contributed by atoms with E-state index in [1.54, 1.807) is 0 Å². The Morgan fingerprint density at radius 2 is 1.89 bits per heavy atom. The van der Waals surface area contributed by atoms with Gasteiger partial charge >= 0.3 is 5.97 Å².